The van der Waals surface area contributed by atoms with Crippen LogP contribution >= 0.6 is 0 Å². The van der Waals surface area contributed by atoms with Crippen molar-refractivity contribution in [1.82, 2.24) is 9.55 Å². The second-order valence-corrected chi connectivity index (χ2v) is 4.50. The molecular formula is C12H21N5O2. The summed E-state index contributed by atoms with van der Waals surface area (Å²) in [5.74, 6) is 0.498. The number of nitrogens with two attached hydrogens (primary N) is 1. The lowest BCUT2D eigenvalue weighted by atomic mass is 10.2. The van der Waals surface area contributed by atoms with Crippen LogP contribution in [0.5, 0.6) is 0 Å². The number of aryl methyl sites for hydroxylation is 1. The van der Waals surface area contributed by atoms with E-state index < -0.39 is 0 Å². The van der Waals surface area contributed by atoms with Crippen LogP contribution in [0.15, 0.2) is 22.3 Å². The van der Waals surface area contributed by atoms with Crippen molar-refractivity contribution >= 4 is 11.7 Å². The highest BCUT2D eigenvalue weighted by Gasteiger charge is 2.16. The molecule has 0 saturated heterocycles. The van der Waals surface area contributed by atoms with Crippen LogP contribution in [0, 0.1) is 0 Å². The number of amidine groups is 1. The van der Waals surface area contributed by atoms with Gasteiger partial charge in [-0.2, -0.15) is 0 Å². The van der Waals surface area contributed by atoms with E-state index in [9.17, 15) is 4.79 Å². The van der Waals surface area contributed by atoms with Gasteiger partial charge in [-0.05, 0) is 13.3 Å². The highest BCUT2D eigenvalue weighted by atomic mass is 16.4. The molecule has 1 rings (SSSR count). The predicted molar refractivity (Wildman–Crippen MR) is 74.7 cm³/mol. The molecule has 0 amide bonds. The minimum Gasteiger partial charge on any atom is -0.409 e. The Kier molecular flexibility index (Phi) is 5.35. The van der Waals surface area contributed by atoms with Gasteiger partial charge in [0.1, 0.15) is 5.84 Å². The number of hydrogen-bond donors (Lipinski definition) is 2. The van der Waals surface area contributed by atoms with Crippen molar-refractivity contribution in [3.05, 3.63) is 22.7 Å². The molecule has 0 fully saturated rings. The SMILES string of the molecule is CCCn1ccnc(N(C)C(C)CC(N)=NO)c1=O. The summed E-state index contributed by atoms with van der Waals surface area (Å²) in [5.41, 5.74) is 5.35. The van der Waals surface area contributed by atoms with Crippen molar-refractivity contribution < 1.29 is 5.21 Å². The number of anilines is 1. The van der Waals surface area contributed by atoms with Gasteiger partial charge in [0, 0.05) is 38.4 Å². The molecule has 1 aromatic heterocycles. The third kappa shape index (κ3) is 3.70. The van der Waals surface area contributed by atoms with Gasteiger partial charge in [0.05, 0.1) is 0 Å². The molecule has 106 valence electrons. The monoisotopic (exact) mass is 267 g/mol. The van der Waals surface area contributed by atoms with Gasteiger partial charge in [-0.1, -0.05) is 12.1 Å². The van der Waals surface area contributed by atoms with Crippen molar-refractivity contribution in [2.75, 3.05) is 11.9 Å². The molecule has 1 unspecified atom stereocenters. The molecule has 0 aliphatic rings. The fourth-order valence-corrected chi connectivity index (χ4v) is 1.78. The number of rotatable bonds is 6. The highest BCUT2D eigenvalue weighted by molar-refractivity contribution is 5.80. The normalized spacial score (nSPS) is 13.3. The number of nitrogens with zero attached hydrogens (tertiary/aromatic N) is 4. The summed E-state index contributed by atoms with van der Waals surface area (Å²) in [6, 6.07) is -0.0893. The van der Waals surface area contributed by atoms with Gasteiger partial charge in [0.15, 0.2) is 5.82 Å². The van der Waals surface area contributed by atoms with Crippen LogP contribution in [0.25, 0.3) is 0 Å². The van der Waals surface area contributed by atoms with E-state index in [0.717, 1.165) is 6.42 Å². The quantitative estimate of drug-likeness (QED) is 0.341. The summed E-state index contributed by atoms with van der Waals surface area (Å²) in [4.78, 5) is 18.1. The molecule has 0 saturated carbocycles. The number of hydrogen-bond acceptors (Lipinski definition) is 5. The molecule has 0 aromatic carbocycles. The van der Waals surface area contributed by atoms with E-state index in [1.54, 1.807) is 28.9 Å². The standard InChI is InChI=1S/C12H21N5O2/c1-4-6-17-7-5-14-11(12(17)18)16(3)9(2)8-10(13)15-19/h5,7,9,19H,4,6,8H2,1-3H3,(H2,13,15). The van der Waals surface area contributed by atoms with Gasteiger partial charge in [-0.15, -0.1) is 0 Å². The van der Waals surface area contributed by atoms with Gasteiger partial charge < -0.3 is 20.4 Å². The van der Waals surface area contributed by atoms with E-state index in [-0.39, 0.29) is 17.4 Å². The summed E-state index contributed by atoms with van der Waals surface area (Å²) in [5, 5.41) is 11.5. The van der Waals surface area contributed by atoms with Crippen molar-refractivity contribution in [2.24, 2.45) is 10.9 Å². The maximum atomic E-state index is 12.2. The van der Waals surface area contributed by atoms with Gasteiger partial charge >= 0.3 is 0 Å². The predicted octanol–water partition coefficient (Wildman–Crippen LogP) is 0.614. The van der Waals surface area contributed by atoms with E-state index in [2.05, 4.69) is 10.1 Å². The zero-order valence-corrected chi connectivity index (χ0v) is 11.6. The molecule has 3 N–H and O–H groups in total. The lowest BCUT2D eigenvalue weighted by Crippen LogP contribution is -2.38. The molecule has 19 heavy (non-hydrogen) atoms. The zero-order chi connectivity index (χ0) is 14.4. The Morgan fingerprint density at radius 1 is 1.68 bits per heavy atom. The van der Waals surface area contributed by atoms with Crippen molar-refractivity contribution in [3.8, 4) is 0 Å². The van der Waals surface area contributed by atoms with Crippen LogP contribution in [-0.2, 0) is 6.54 Å². The molecule has 1 aromatic rings. The average Bonchev–Trinajstić information content (AvgIpc) is 2.40. The van der Waals surface area contributed by atoms with Crippen LogP contribution in [0.1, 0.15) is 26.7 Å². The Bertz CT molecular complexity index is 497. The Balaban J connectivity index is 2.96. The minimum absolute atomic E-state index is 0.0893. The summed E-state index contributed by atoms with van der Waals surface area (Å²) < 4.78 is 1.63. The maximum absolute atomic E-state index is 12.2. The second kappa shape index (κ2) is 6.77. The first-order valence-electron chi connectivity index (χ1n) is 6.25. The zero-order valence-electron chi connectivity index (χ0n) is 11.6. The van der Waals surface area contributed by atoms with E-state index in [4.69, 9.17) is 10.9 Å². The summed E-state index contributed by atoms with van der Waals surface area (Å²) in [6.07, 6.45) is 4.53. The number of aromatic nitrogens is 2. The molecule has 0 bridgehead atoms. The largest absolute Gasteiger partial charge is 0.409 e. The average molecular weight is 267 g/mol. The molecule has 0 spiro atoms. The van der Waals surface area contributed by atoms with Crippen LogP contribution in [0.3, 0.4) is 0 Å². The van der Waals surface area contributed by atoms with Crippen molar-refractivity contribution in [1.29, 1.82) is 0 Å². The van der Waals surface area contributed by atoms with Crippen LogP contribution in [0.2, 0.25) is 0 Å². The first-order valence-corrected chi connectivity index (χ1v) is 6.25. The van der Waals surface area contributed by atoms with Gasteiger partial charge in [0.2, 0.25) is 0 Å². The summed E-state index contributed by atoms with van der Waals surface area (Å²) in [7, 11) is 1.77. The maximum Gasteiger partial charge on any atom is 0.293 e. The number of oxime groups is 1. The van der Waals surface area contributed by atoms with Crippen molar-refractivity contribution in [3.63, 3.8) is 0 Å². The minimum atomic E-state index is -0.127. The summed E-state index contributed by atoms with van der Waals surface area (Å²) >= 11 is 0. The van der Waals surface area contributed by atoms with Crippen LogP contribution in [0.4, 0.5) is 5.82 Å². The highest BCUT2D eigenvalue weighted by Crippen LogP contribution is 2.08. The lowest BCUT2D eigenvalue weighted by molar-refractivity contribution is 0.316. The third-order valence-electron chi connectivity index (χ3n) is 2.99. The lowest BCUT2D eigenvalue weighted by Gasteiger charge is -2.25. The molecular weight excluding hydrogens is 246 g/mol. The van der Waals surface area contributed by atoms with Crippen LogP contribution < -0.4 is 16.2 Å². The van der Waals surface area contributed by atoms with E-state index in [1.165, 1.54) is 0 Å². The molecule has 0 radical (unpaired) electrons. The first-order chi connectivity index (χ1) is 9.01. The Labute approximate surface area is 112 Å². The first kappa shape index (κ1) is 15.0. The molecule has 0 aliphatic carbocycles. The van der Waals surface area contributed by atoms with Crippen molar-refractivity contribution in [2.45, 2.75) is 39.3 Å². The summed E-state index contributed by atoms with van der Waals surface area (Å²) in [6.45, 7) is 4.56. The second-order valence-electron chi connectivity index (χ2n) is 4.50. The van der Waals surface area contributed by atoms with Crippen LogP contribution in [-0.4, -0.2) is 33.7 Å². The topological polar surface area (TPSA) is 96.7 Å². The van der Waals surface area contributed by atoms with Gasteiger partial charge in [-0.25, -0.2) is 4.98 Å². The Hall–Kier alpha value is -2.05. The molecule has 7 nitrogen and oxygen atoms in total. The Morgan fingerprint density at radius 3 is 2.95 bits per heavy atom. The molecule has 0 aliphatic heterocycles. The molecule has 1 atom stereocenters. The third-order valence-corrected chi connectivity index (χ3v) is 2.99. The van der Waals surface area contributed by atoms with Gasteiger partial charge in [0.25, 0.3) is 5.56 Å². The fourth-order valence-electron chi connectivity index (χ4n) is 1.78. The Morgan fingerprint density at radius 2 is 2.37 bits per heavy atom. The molecule has 1 heterocycles. The molecule has 7 heteroatoms. The fraction of sp³-hybridized carbons (Fsp3) is 0.583. The smallest absolute Gasteiger partial charge is 0.293 e. The van der Waals surface area contributed by atoms with E-state index >= 15 is 0 Å². The van der Waals surface area contributed by atoms with E-state index in [1.807, 2.05) is 13.8 Å². The van der Waals surface area contributed by atoms with E-state index in [0.29, 0.717) is 18.8 Å². The van der Waals surface area contributed by atoms with Gasteiger partial charge in [-0.3, -0.25) is 4.79 Å².